The van der Waals surface area contributed by atoms with Crippen LogP contribution in [0.1, 0.15) is 16.7 Å². The highest BCUT2D eigenvalue weighted by Gasteiger charge is 2.11. The van der Waals surface area contributed by atoms with E-state index in [2.05, 4.69) is 140 Å². The van der Waals surface area contributed by atoms with Gasteiger partial charge in [-0.25, -0.2) is 0 Å². The molecule has 1 aromatic heterocycles. The van der Waals surface area contributed by atoms with Crippen molar-refractivity contribution < 1.29 is 4.42 Å². The summed E-state index contributed by atoms with van der Waals surface area (Å²) in [5, 5.41) is 16.8. The zero-order chi connectivity index (χ0) is 38.0. The molecule has 9 rings (SSSR count). The van der Waals surface area contributed by atoms with E-state index >= 15 is 0 Å². The maximum Gasteiger partial charge on any atom is 0.136 e. The molecule has 0 aliphatic carbocycles. The van der Waals surface area contributed by atoms with Crippen molar-refractivity contribution >= 4 is 34.0 Å². The van der Waals surface area contributed by atoms with Gasteiger partial charge in [0.15, 0.2) is 0 Å². The minimum Gasteiger partial charge on any atom is -0.456 e. The molecule has 266 valence electrons. The van der Waals surface area contributed by atoms with Gasteiger partial charge in [-0.1, -0.05) is 181 Å². The molecule has 0 radical (unpaired) electrons. The molecule has 1 heterocycles. The van der Waals surface area contributed by atoms with Crippen LogP contribution in [-0.4, -0.2) is 12.1 Å². The summed E-state index contributed by atoms with van der Waals surface area (Å²) in [6.45, 7) is 2.12. The van der Waals surface area contributed by atoms with Gasteiger partial charge in [0.05, 0.1) is 0 Å². The van der Waals surface area contributed by atoms with E-state index in [1.165, 1.54) is 50.7 Å². The molecule has 0 unspecified atom stereocenters. The number of amidine groups is 1. The van der Waals surface area contributed by atoms with E-state index in [-0.39, 0.29) is 5.84 Å². The van der Waals surface area contributed by atoms with Gasteiger partial charge in [-0.3, -0.25) is 5.41 Å². The lowest BCUT2D eigenvalue weighted by Crippen LogP contribution is -2.10. The van der Waals surface area contributed by atoms with Crippen LogP contribution in [0.3, 0.4) is 0 Å². The first-order valence-electron chi connectivity index (χ1n) is 18.2. The number of nitrogens with one attached hydrogen (secondary N) is 2. The third-order valence-electron chi connectivity index (χ3n) is 9.45. The first-order valence-corrected chi connectivity index (χ1v) is 18.2. The predicted octanol–water partition coefficient (Wildman–Crippen LogP) is 13.2. The Hall–Kier alpha value is -7.30. The molecule has 0 aliphatic heterocycles. The Bertz CT molecular complexity index is 2660. The summed E-state index contributed by atoms with van der Waals surface area (Å²) in [7, 11) is 0. The fraction of sp³-hybridized carbons (Fsp3) is 0.0196. The number of rotatable bonds is 6. The molecule has 0 saturated heterocycles. The van der Waals surface area contributed by atoms with Crippen LogP contribution in [0.5, 0.6) is 0 Å². The van der Waals surface area contributed by atoms with Gasteiger partial charge in [0.1, 0.15) is 17.0 Å². The number of fused-ring (bicyclic) bond motifs is 3. The number of nitrogen functional groups attached to an aromatic ring is 1. The average Bonchev–Trinajstić information content (AvgIpc) is 3.64. The third-order valence-corrected chi connectivity index (χ3v) is 9.45. The summed E-state index contributed by atoms with van der Waals surface area (Å²) in [6.07, 6.45) is 1.39. The monoisotopic (exact) mass is 711 g/mol. The zero-order valence-corrected chi connectivity index (χ0v) is 30.6. The fourth-order valence-electron chi connectivity index (χ4n) is 6.51. The van der Waals surface area contributed by atoms with Crippen molar-refractivity contribution in [3.05, 3.63) is 217 Å². The van der Waals surface area contributed by atoms with Crippen LogP contribution >= 0.6 is 0 Å². The molecule has 0 atom stereocenters. The van der Waals surface area contributed by atoms with Crippen LogP contribution in [-0.2, 0) is 0 Å². The highest BCUT2D eigenvalue weighted by Crippen LogP contribution is 2.34. The van der Waals surface area contributed by atoms with Gasteiger partial charge >= 0.3 is 0 Å². The van der Waals surface area contributed by atoms with Crippen molar-refractivity contribution in [3.8, 4) is 44.5 Å². The summed E-state index contributed by atoms with van der Waals surface area (Å²) in [5.74, 6) is 0.121. The van der Waals surface area contributed by atoms with Crippen molar-refractivity contribution in [3.63, 3.8) is 0 Å². The van der Waals surface area contributed by atoms with E-state index in [0.29, 0.717) is 0 Å². The third kappa shape index (κ3) is 8.68. The van der Waals surface area contributed by atoms with E-state index in [1.54, 1.807) is 0 Å². The SMILES string of the molecule is Cc1ccc(-c2cccc(-c3ccccc3)c2)cc1.N=C(N)c1ccccc1.N=Cc1cccc2oc3ccc(-c4ccc(-c5ccccc5)cc4)cc3c12. The number of aryl methyl sites for hydroxylation is 1. The Labute approximate surface area is 322 Å². The quantitative estimate of drug-likeness (QED) is 0.118. The standard InChI is InChI=1S/C25H17NO.C19H16.C7H8N2/c26-16-21-7-4-8-24-25(21)22-15-20(13-14-23(22)27-24)19-11-9-18(10-12-19)17-5-2-1-3-6-17;1-15-10-12-17(13-11-15)19-9-5-8-18(14-19)16-6-3-2-4-7-16;8-7(9)6-4-2-1-3-5-6/h1-16,26H;2-14H,1H3;1-5H,(H3,8,9). The van der Waals surface area contributed by atoms with Crippen molar-refractivity contribution in [1.29, 1.82) is 10.8 Å². The second kappa shape index (κ2) is 17.0. The topological polar surface area (TPSA) is 86.9 Å². The van der Waals surface area contributed by atoms with E-state index in [9.17, 15) is 0 Å². The molecular weight excluding hydrogens is 671 g/mol. The fourth-order valence-corrected chi connectivity index (χ4v) is 6.51. The van der Waals surface area contributed by atoms with Crippen LogP contribution in [0.15, 0.2) is 205 Å². The minimum atomic E-state index is 0.121. The van der Waals surface area contributed by atoms with Gasteiger partial charge in [-0.15, -0.1) is 0 Å². The maximum absolute atomic E-state index is 7.70. The van der Waals surface area contributed by atoms with Crippen LogP contribution in [0.25, 0.3) is 66.4 Å². The van der Waals surface area contributed by atoms with E-state index < -0.39 is 0 Å². The molecule has 4 heteroatoms. The van der Waals surface area contributed by atoms with Gasteiger partial charge in [-0.05, 0) is 75.7 Å². The maximum atomic E-state index is 7.70. The Morgan fingerprint density at radius 1 is 0.455 bits per heavy atom. The molecule has 0 aliphatic rings. The summed E-state index contributed by atoms with van der Waals surface area (Å²) in [6, 6.07) is 68.2. The van der Waals surface area contributed by atoms with Gasteiger partial charge < -0.3 is 15.6 Å². The molecule has 9 aromatic rings. The number of hydrogen-bond acceptors (Lipinski definition) is 3. The summed E-state index contributed by atoms with van der Waals surface area (Å²) in [5.41, 5.74) is 19.6. The molecule has 55 heavy (non-hydrogen) atoms. The van der Waals surface area contributed by atoms with Crippen molar-refractivity contribution in [2.24, 2.45) is 5.73 Å². The molecule has 0 amide bonds. The average molecular weight is 712 g/mol. The lowest BCUT2D eigenvalue weighted by atomic mass is 9.98. The smallest absolute Gasteiger partial charge is 0.136 e. The van der Waals surface area contributed by atoms with Crippen molar-refractivity contribution in [2.75, 3.05) is 0 Å². The summed E-state index contributed by atoms with van der Waals surface area (Å²) >= 11 is 0. The van der Waals surface area contributed by atoms with Gasteiger partial charge in [0, 0.05) is 28.1 Å². The Morgan fingerprint density at radius 3 is 1.44 bits per heavy atom. The Balaban J connectivity index is 0.000000144. The largest absolute Gasteiger partial charge is 0.456 e. The molecule has 8 aromatic carbocycles. The Kier molecular flexibility index (Phi) is 11.2. The normalized spacial score (nSPS) is 10.5. The first kappa shape index (κ1) is 36.1. The number of furan rings is 1. The highest BCUT2D eigenvalue weighted by atomic mass is 16.3. The second-order valence-corrected chi connectivity index (χ2v) is 13.2. The Morgan fingerprint density at radius 2 is 0.891 bits per heavy atom. The molecular formula is C51H41N3O. The lowest BCUT2D eigenvalue weighted by molar-refractivity contribution is 0.669. The molecule has 0 fully saturated rings. The van der Waals surface area contributed by atoms with Crippen molar-refractivity contribution in [2.45, 2.75) is 6.92 Å². The molecule has 0 saturated carbocycles. The second-order valence-electron chi connectivity index (χ2n) is 13.2. The van der Waals surface area contributed by atoms with E-state index in [0.717, 1.165) is 38.6 Å². The molecule has 4 N–H and O–H groups in total. The first-order chi connectivity index (χ1) is 27.0. The van der Waals surface area contributed by atoms with Crippen LogP contribution in [0, 0.1) is 17.7 Å². The predicted molar refractivity (Wildman–Crippen MR) is 232 cm³/mol. The summed E-state index contributed by atoms with van der Waals surface area (Å²) in [4.78, 5) is 0. The van der Waals surface area contributed by atoms with Gasteiger partial charge in [0.2, 0.25) is 0 Å². The molecule has 0 spiro atoms. The number of hydrogen-bond donors (Lipinski definition) is 3. The molecule has 0 bridgehead atoms. The summed E-state index contributed by atoms with van der Waals surface area (Å²) < 4.78 is 5.96. The lowest BCUT2D eigenvalue weighted by Gasteiger charge is -2.06. The highest BCUT2D eigenvalue weighted by molar-refractivity contribution is 6.13. The van der Waals surface area contributed by atoms with E-state index in [4.69, 9.17) is 21.0 Å². The minimum absolute atomic E-state index is 0.121. The van der Waals surface area contributed by atoms with Crippen LogP contribution < -0.4 is 5.73 Å². The van der Waals surface area contributed by atoms with Gasteiger partial charge in [0.25, 0.3) is 0 Å². The van der Waals surface area contributed by atoms with E-state index in [1.807, 2.05) is 66.7 Å². The number of nitrogens with two attached hydrogens (primary N) is 1. The van der Waals surface area contributed by atoms with Crippen molar-refractivity contribution in [1.82, 2.24) is 0 Å². The zero-order valence-electron chi connectivity index (χ0n) is 30.6. The van der Waals surface area contributed by atoms with Crippen LogP contribution in [0.4, 0.5) is 0 Å². The van der Waals surface area contributed by atoms with Crippen LogP contribution in [0.2, 0.25) is 0 Å². The van der Waals surface area contributed by atoms with Gasteiger partial charge in [-0.2, -0.15) is 0 Å². The molecule has 4 nitrogen and oxygen atoms in total. The number of benzene rings is 8.